The Hall–Kier alpha value is -3.68. The van der Waals surface area contributed by atoms with Crippen LogP contribution in [0.5, 0.6) is 0 Å². The highest BCUT2D eigenvalue weighted by atomic mass is 32.2. The average Bonchev–Trinajstić information content (AvgIpc) is 3.64. The van der Waals surface area contributed by atoms with Gasteiger partial charge in [0.25, 0.3) is 0 Å². The largest absolute Gasteiger partial charge is 0.398 e. The van der Waals surface area contributed by atoms with E-state index in [1.54, 1.807) is 18.0 Å². The lowest BCUT2D eigenvalue weighted by Crippen LogP contribution is -2.17. The van der Waals surface area contributed by atoms with Crippen molar-refractivity contribution in [2.24, 2.45) is 0 Å². The van der Waals surface area contributed by atoms with Crippen LogP contribution in [-0.4, -0.2) is 33.9 Å². The van der Waals surface area contributed by atoms with E-state index in [0.29, 0.717) is 12.8 Å². The number of aryl methyl sites for hydroxylation is 1. The number of ketones is 1. The first-order valence-electron chi connectivity index (χ1n) is 13.8. The number of benzene rings is 2. The smallest absolute Gasteiger partial charge is 0.171 e. The van der Waals surface area contributed by atoms with E-state index in [2.05, 4.69) is 35.5 Å². The molecule has 204 valence electrons. The lowest BCUT2D eigenvalue weighted by Gasteiger charge is -2.15. The van der Waals surface area contributed by atoms with Gasteiger partial charge in [-0.1, -0.05) is 71.9 Å². The minimum atomic E-state index is -0.362. The maximum Gasteiger partial charge on any atom is 0.171 e. The zero-order chi connectivity index (χ0) is 27.5. The predicted molar refractivity (Wildman–Crippen MR) is 160 cm³/mol. The molecule has 7 heteroatoms. The number of allylic oxidation sites excluding steroid dienone is 2. The van der Waals surface area contributed by atoms with Gasteiger partial charge >= 0.3 is 0 Å². The van der Waals surface area contributed by atoms with Gasteiger partial charge in [-0.25, -0.2) is 0 Å². The molecule has 1 saturated heterocycles. The summed E-state index contributed by atoms with van der Waals surface area (Å²) in [7, 11) is 0. The van der Waals surface area contributed by atoms with E-state index in [1.807, 2.05) is 49.4 Å². The van der Waals surface area contributed by atoms with Crippen LogP contribution in [0.3, 0.4) is 0 Å². The highest BCUT2D eigenvalue weighted by Crippen LogP contribution is 2.42. The van der Waals surface area contributed by atoms with E-state index in [0.717, 1.165) is 63.9 Å². The maximum absolute atomic E-state index is 12.9. The summed E-state index contributed by atoms with van der Waals surface area (Å²) in [6.07, 6.45) is 6.40. The molecular formula is C33H33N3O3S. The zero-order valence-electron chi connectivity index (χ0n) is 22.6. The van der Waals surface area contributed by atoms with Gasteiger partial charge in [0, 0.05) is 52.4 Å². The number of anilines is 1. The molecule has 40 heavy (non-hydrogen) atoms. The summed E-state index contributed by atoms with van der Waals surface area (Å²) in [6.45, 7) is 1.97. The number of thioether (sulfide) groups is 1. The van der Waals surface area contributed by atoms with Crippen molar-refractivity contribution in [2.45, 2.75) is 56.5 Å². The number of aromatic nitrogens is 2. The molecular weight excluding hydrogens is 518 g/mol. The Morgan fingerprint density at radius 3 is 2.60 bits per heavy atom. The van der Waals surface area contributed by atoms with Crippen LogP contribution in [0.4, 0.5) is 5.69 Å². The van der Waals surface area contributed by atoms with Crippen LogP contribution in [0.25, 0.3) is 16.9 Å². The van der Waals surface area contributed by atoms with Gasteiger partial charge < -0.3 is 15.0 Å². The summed E-state index contributed by atoms with van der Waals surface area (Å²) >= 11 is 1.76. The quantitative estimate of drug-likeness (QED) is 0.232. The van der Waals surface area contributed by atoms with Gasteiger partial charge in [0.2, 0.25) is 0 Å². The van der Waals surface area contributed by atoms with Crippen LogP contribution in [-0.2, 0) is 21.7 Å². The number of hydrogen-bond acceptors (Lipinski definition) is 7. The fraction of sp³-hybridized carbons (Fsp3) is 0.303. The first kappa shape index (κ1) is 26.5. The van der Waals surface area contributed by atoms with Crippen LogP contribution in [0.15, 0.2) is 83.5 Å². The van der Waals surface area contributed by atoms with Gasteiger partial charge in [0.15, 0.2) is 11.5 Å². The Balaban J connectivity index is 1.05. The second-order valence-corrected chi connectivity index (χ2v) is 11.6. The fourth-order valence-electron chi connectivity index (χ4n) is 5.75. The molecule has 0 bridgehead atoms. The lowest BCUT2D eigenvalue weighted by molar-refractivity contribution is -0.122. The molecule has 1 fully saturated rings. The molecule has 2 aliphatic rings. The number of carbonyl (C=O) groups is 1. The van der Waals surface area contributed by atoms with Gasteiger partial charge in [-0.3, -0.25) is 9.78 Å². The maximum atomic E-state index is 12.9. The van der Waals surface area contributed by atoms with Crippen molar-refractivity contribution in [3.63, 3.8) is 0 Å². The predicted octanol–water partition coefficient (Wildman–Crippen LogP) is 6.79. The minimum absolute atomic E-state index is 0.0725. The third-order valence-electron chi connectivity index (χ3n) is 7.78. The topological polar surface area (TPSA) is 91.2 Å². The number of nitrogens with zero attached hydrogens (tertiary/aromatic N) is 2. The molecule has 1 unspecified atom stereocenters. The van der Waals surface area contributed by atoms with E-state index in [-0.39, 0.29) is 23.9 Å². The zero-order valence-corrected chi connectivity index (χ0v) is 23.4. The van der Waals surface area contributed by atoms with E-state index in [1.165, 1.54) is 11.1 Å². The SMILES string of the molecule is Cc1noc(-c2ccccc2)c1CSC[C@@H]1CC(=O)[C@H](CCC2C=C(Cc3ccccc3)c3c(N)ccnc32)O1. The number of nitrogen functional groups attached to an aromatic ring is 1. The molecule has 0 radical (unpaired) electrons. The monoisotopic (exact) mass is 551 g/mol. The highest BCUT2D eigenvalue weighted by Gasteiger charge is 2.35. The second-order valence-electron chi connectivity index (χ2n) is 10.6. The van der Waals surface area contributed by atoms with E-state index < -0.39 is 0 Å². The summed E-state index contributed by atoms with van der Waals surface area (Å²) < 4.78 is 11.9. The Morgan fingerprint density at radius 1 is 1.02 bits per heavy atom. The van der Waals surface area contributed by atoms with Crippen molar-refractivity contribution < 1.29 is 14.1 Å². The molecule has 0 spiro atoms. The molecule has 0 saturated carbocycles. The van der Waals surface area contributed by atoms with Gasteiger partial charge in [-0.15, -0.1) is 0 Å². The molecule has 6 rings (SSSR count). The number of hydrogen-bond donors (Lipinski definition) is 1. The molecule has 2 aromatic carbocycles. The fourth-order valence-corrected chi connectivity index (χ4v) is 6.87. The number of ether oxygens (including phenoxy) is 1. The summed E-state index contributed by atoms with van der Waals surface area (Å²) in [5.41, 5.74) is 14.7. The normalized spacial score (nSPS) is 20.1. The molecule has 3 atom stereocenters. The standard InChI is InChI=1S/C33H33N3O3S/c1-21-27(33(39-36-21)23-10-6-3-7-11-23)20-40-19-26-18-29(37)30(38-26)13-12-24-17-25(16-22-8-4-2-5-9-22)31-28(34)14-15-35-32(24)31/h2-11,14-15,17,24,26,30H,12-13,16,18-20H2,1H3,(H2,34,35)/t24?,26-,30-/m0/s1. The number of carbonyl (C=O) groups excluding carboxylic acids is 1. The molecule has 1 aliphatic carbocycles. The Labute approximate surface area is 239 Å². The average molecular weight is 552 g/mol. The van der Waals surface area contributed by atoms with Crippen LogP contribution in [0.2, 0.25) is 0 Å². The first-order chi connectivity index (χ1) is 19.6. The Morgan fingerprint density at radius 2 is 1.80 bits per heavy atom. The van der Waals surface area contributed by atoms with Gasteiger partial charge in [-0.2, -0.15) is 11.8 Å². The van der Waals surface area contributed by atoms with Crippen molar-refractivity contribution in [1.29, 1.82) is 0 Å². The molecule has 1 aliphatic heterocycles. The third-order valence-corrected chi connectivity index (χ3v) is 8.88. The molecule has 6 nitrogen and oxygen atoms in total. The number of Topliss-reactive ketones (excluding diaryl/α,β-unsaturated/α-hetero) is 1. The van der Waals surface area contributed by atoms with Gasteiger partial charge in [0.1, 0.15) is 6.10 Å². The lowest BCUT2D eigenvalue weighted by atomic mass is 9.97. The summed E-state index contributed by atoms with van der Waals surface area (Å²) in [5.74, 6) is 2.67. The molecule has 2 aromatic heterocycles. The van der Waals surface area contributed by atoms with Crippen molar-refractivity contribution >= 4 is 28.8 Å². The molecule has 3 heterocycles. The number of fused-ring (bicyclic) bond motifs is 1. The highest BCUT2D eigenvalue weighted by molar-refractivity contribution is 7.98. The summed E-state index contributed by atoms with van der Waals surface area (Å²) in [5, 5.41) is 4.19. The van der Waals surface area contributed by atoms with E-state index in [4.69, 9.17) is 20.0 Å². The first-order valence-corrected chi connectivity index (χ1v) is 15.0. The summed E-state index contributed by atoms with van der Waals surface area (Å²) in [6, 6.07) is 22.3. The molecule has 2 N–H and O–H groups in total. The minimum Gasteiger partial charge on any atom is -0.398 e. The number of rotatable bonds is 10. The van der Waals surface area contributed by atoms with Crippen LogP contribution < -0.4 is 5.73 Å². The Kier molecular flexibility index (Phi) is 7.84. The van der Waals surface area contributed by atoms with Crippen molar-refractivity contribution in [2.75, 3.05) is 11.5 Å². The third kappa shape index (κ3) is 5.62. The second kappa shape index (κ2) is 11.8. The van der Waals surface area contributed by atoms with Crippen LogP contribution in [0, 0.1) is 6.92 Å². The molecule has 4 aromatic rings. The number of nitrogens with two attached hydrogens (primary N) is 1. The van der Waals surface area contributed by atoms with Crippen molar-refractivity contribution in [3.05, 3.63) is 107 Å². The van der Waals surface area contributed by atoms with E-state index in [9.17, 15) is 4.79 Å². The van der Waals surface area contributed by atoms with Gasteiger partial charge in [-0.05, 0) is 43.4 Å². The van der Waals surface area contributed by atoms with Crippen LogP contribution >= 0.6 is 11.8 Å². The van der Waals surface area contributed by atoms with E-state index >= 15 is 0 Å². The Bertz CT molecular complexity index is 1520. The van der Waals surface area contributed by atoms with Gasteiger partial charge in [0.05, 0.1) is 17.5 Å². The number of pyridine rings is 1. The van der Waals surface area contributed by atoms with Crippen molar-refractivity contribution in [1.82, 2.24) is 10.1 Å². The van der Waals surface area contributed by atoms with Crippen molar-refractivity contribution in [3.8, 4) is 11.3 Å². The summed E-state index contributed by atoms with van der Waals surface area (Å²) in [4.78, 5) is 17.6. The molecule has 0 amide bonds. The van der Waals surface area contributed by atoms with Crippen LogP contribution in [0.1, 0.15) is 53.3 Å².